The molecule has 0 heterocycles. The van der Waals surface area contributed by atoms with E-state index < -0.39 is 0 Å². The van der Waals surface area contributed by atoms with Crippen molar-refractivity contribution in [2.24, 2.45) is 10.9 Å². The fourth-order valence-corrected chi connectivity index (χ4v) is 0.365. The van der Waals surface area contributed by atoms with Gasteiger partial charge in [0.1, 0.15) is 0 Å². The van der Waals surface area contributed by atoms with Crippen LogP contribution in [0.25, 0.3) is 0 Å². The van der Waals surface area contributed by atoms with Gasteiger partial charge in [-0.2, -0.15) is 5.10 Å². The smallest absolute Gasteiger partial charge is 0.0974 e. The number of nitrogens with zero attached hydrogens (tertiary/aromatic N) is 2. The third kappa shape index (κ3) is 5.09. The number of hydrazone groups is 1. The molecule has 3 N–H and O–H groups in total. The van der Waals surface area contributed by atoms with Crippen molar-refractivity contribution in [1.82, 2.24) is 10.4 Å². The van der Waals surface area contributed by atoms with Crippen LogP contribution in [0.1, 0.15) is 6.92 Å². The Morgan fingerprint density at radius 2 is 2.50 bits per heavy atom. The van der Waals surface area contributed by atoms with E-state index >= 15 is 0 Å². The lowest BCUT2D eigenvalue weighted by molar-refractivity contribution is 0.327. The number of hydrogen-bond acceptors (Lipinski definition) is 4. The number of hydrazine groups is 1. The molecule has 4 nitrogen and oxygen atoms in total. The van der Waals surface area contributed by atoms with E-state index in [0.717, 1.165) is 0 Å². The summed E-state index contributed by atoms with van der Waals surface area (Å²) in [6, 6.07) is 0. The van der Waals surface area contributed by atoms with Crippen LogP contribution >= 0.6 is 0 Å². The maximum absolute atomic E-state index is 5.03. The molecule has 0 aromatic heterocycles. The first kappa shape index (κ1) is 8.95. The van der Waals surface area contributed by atoms with E-state index in [2.05, 4.69) is 22.4 Å². The number of hydrogen-bond donors (Lipinski definition) is 2. The minimum Gasteiger partial charge on any atom is -0.284 e. The number of nitrogens with one attached hydrogen (secondary N) is 1. The van der Waals surface area contributed by atoms with Gasteiger partial charge in [-0.1, -0.05) is 5.92 Å². The molecule has 0 atom stereocenters. The first-order valence-electron chi connectivity index (χ1n) is 2.90. The van der Waals surface area contributed by atoms with Crippen molar-refractivity contribution in [3.63, 3.8) is 0 Å². The van der Waals surface area contributed by atoms with Crippen molar-refractivity contribution >= 4 is 6.21 Å². The fraction of sp³-hybridized carbons (Fsp3) is 0.500. The Morgan fingerprint density at radius 3 is 3.00 bits per heavy atom. The van der Waals surface area contributed by atoms with Crippen LogP contribution in [0.15, 0.2) is 5.10 Å². The molecule has 4 heteroatoms. The van der Waals surface area contributed by atoms with Crippen molar-refractivity contribution < 1.29 is 0 Å². The summed E-state index contributed by atoms with van der Waals surface area (Å²) in [7, 11) is 1.80. The highest BCUT2D eigenvalue weighted by Crippen LogP contribution is 1.74. The quantitative estimate of drug-likeness (QED) is 0.180. The molecule has 0 amide bonds. The predicted octanol–water partition coefficient (Wildman–Crippen LogP) is -0.652. The van der Waals surface area contributed by atoms with Gasteiger partial charge in [-0.15, -0.1) is 5.92 Å². The molecule has 10 heavy (non-hydrogen) atoms. The second-order valence-electron chi connectivity index (χ2n) is 1.66. The lowest BCUT2D eigenvalue weighted by Gasteiger charge is -2.09. The van der Waals surface area contributed by atoms with E-state index in [9.17, 15) is 0 Å². The Balaban J connectivity index is 3.51. The Hall–Kier alpha value is -1.05. The van der Waals surface area contributed by atoms with E-state index in [1.54, 1.807) is 19.0 Å². The van der Waals surface area contributed by atoms with Crippen LogP contribution in [0.2, 0.25) is 0 Å². The summed E-state index contributed by atoms with van der Waals surface area (Å²) in [5.41, 5.74) is 2.46. The van der Waals surface area contributed by atoms with Gasteiger partial charge in [0.15, 0.2) is 0 Å². The van der Waals surface area contributed by atoms with Gasteiger partial charge in [0, 0.05) is 7.05 Å². The molecule has 0 rings (SSSR count). The summed E-state index contributed by atoms with van der Waals surface area (Å²) in [6.07, 6.45) is 1.53. The maximum atomic E-state index is 5.03. The molecule has 0 spiro atoms. The summed E-state index contributed by atoms with van der Waals surface area (Å²) in [5, 5.41) is 5.54. The largest absolute Gasteiger partial charge is 0.284 e. The van der Waals surface area contributed by atoms with Gasteiger partial charge < -0.3 is 0 Å². The van der Waals surface area contributed by atoms with E-state index in [-0.39, 0.29) is 0 Å². The highest BCUT2D eigenvalue weighted by molar-refractivity contribution is 5.77. The predicted molar refractivity (Wildman–Crippen MR) is 41.9 cm³/mol. The summed E-state index contributed by atoms with van der Waals surface area (Å²) in [5.74, 6) is 10.4. The zero-order valence-electron chi connectivity index (χ0n) is 6.26. The van der Waals surface area contributed by atoms with Crippen LogP contribution in [0.4, 0.5) is 0 Å². The molecule has 0 aliphatic carbocycles. The van der Waals surface area contributed by atoms with Gasteiger partial charge in [0.2, 0.25) is 0 Å². The summed E-state index contributed by atoms with van der Waals surface area (Å²) >= 11 is 0. The zero-order valence-corrected chi connectivity index (χ0v) is 6.26. The van der Waals surface area contributed by atoms with Gasteiger partial charge in [-0.05, 0) is 6.92 Å². The molecule has 0 aliphatic heterocycles. The first-order chi connectivity index (χ1) is 4.81. The third-order valence-corrected chi connectivity index (χ3v) is 0.784. The minimum absolute atomic E-state index is 0.516. The van der Waals surface area contributed by atoms with Gasteiger partial charge in [-0.25, -0.2) is 5.43 Å². The second-order valence-corrected chi connectivity index (χ2v) is 1.66. The lowest BCUT2D eigenvalue weighted by Crippen LogP contribution is -2.32. The number of rotatable bonds is 3. The number of nitrogens with two attached hydrogens (primary N) is 1. The molecule has 0 aliphatic rings. The summed E-state index contributed by atoms with van der Waals surface area (Å²) < 4.78 is 0. The molecule has 56 valence electrons. The SMILES string of the molecule is CC#C/C=N\N(C)CNN. The Morgan fingerprint density at radius 1 is 1.80 bits per heavy atom. The summed E-state index contributed by atoms with van der Waals surface area (Å²) in [6.45, 7) is 2.27. The fourth-order valence-electron chi connectivity index (χ4n) is 0.365. The first-order valence-corrected chi connectivity index (χ1v) is 2.90. The van der Waals surface area contributed by atoms with Crippen LogP contribution < -0.4 is 11.3 Å². The van der Waals surface area contributed by atoms with E-state index in [1.807, 2.05) is 0 Å². The molecule has 0 saturated heterocycles. The van der Waals surface area contributed by atoms with Crippen LogP contribution in [0.5, 0.6) is 0 Å². The van der Waals surface area contributed by atoms with Crippen LogP contribution in [0, 0.1) is 11.8 Å². The molecule has 0 radical (unpaired) electrons. The van der Waals surface area contributed by atoms with Gasteiger partial charge in [0.05, 0.1) is 12.9 Å². The second kappa shape index (κ2) is 6.08. The van der Waals surface area contributed by atoms with Gasteiger partial charge in [-0.3, -0.25) is 10.9 Å². The Bertz CT molecular complexity index is 153. The maximum Gasteiger partial charge on any atom is 0.0974 e. The standard InChI is InChI=1S/C6H12N4/c1-3-4-5-9-10(2)6-8-7/h5,8H,6-7H2,1-2H3/b9-5-. The van der Waals surface area contributed by atoms with E-state index in [4.69, 9.17) is 5.84 Å². The van der Waals surface area contributed by atoms with E-state index in [0.29, 0.717) is 6.67 Å². The molecule has 0 aromatic carbocycles. The van der Waals surface area contributed by atoms with Crippen molar-refractivity contribution in [2.45, 2.75) is 6.92 Å². The Labute approximate surface area is 61.0 Å². The van der Waals surface area contributed by atoms with Crippen molar-refractivity contribution in [3.05, 3.63) is 0 Å². The highest BCUT2D eigenvalue weighted by atomic mass is 15.5. The molecule has 0 unspecified atom stereocenters. The normalized spacial score (nSPS) is 9.10. The molecular formula is C6H12N4. The average Bonchev–Trinajstić information content (AvgIpc) is 1.89. The van der Waals surface area contributed by atoms with Crippen LogP contribution in [-0.2, 0) is 0 Å². The molecular weight excluding hydrogens is 128 g/mol. The molecule has 0 fully saturated rings. The molecule has 0 aromatic rings. The van der Waals surface area contributed by atoms with Crippen molar-refractivity contribution in [2.75, 3.05) is 13.7 Å². The minimum atomic E-state index is 0.516. The monoisotopic (exact) mass is 140 g/mol. The summed E-state index contributed by atoms with van der Waals surface area (Å²) in [4.78, 5) is 0. The van der Waals surface area contributed by atoms with Crippen molar-refractivity contribution in [3.8, 4) is 11.8 Å². The molecule has 0 bridgehead atoms. The van der Waals surface area contributed by atoms with Crippen LogP contribution in [0.3, 0.4) is 0 Å². The van der Waals surface area contributed by atoms with Gasteiger partial charge >= 0.3 is 0 Å². The molecule has 0 saturated carbocycles. The zero-order chi connectivity index (χ0) is 7.82. The van der Waals surface area contributed by atoms with E-state index in [1.165, 1.54) is 6.21 Å². The average molecular weight is 140 g/mol. The van der Waals surface area contributed by atoms with Crippen molar-refractivity contribution in [1.29, 1.82) is 0 Å². The Kier molecular flexibility index (Phi) is 5.44. The lowest BCUT2D eigenvalue weighted by atomic mass is 10.6. The third-order valence-electron chi connectivity index (χ3n) is 0.784. The van der Waals surface area contributed by atoms with Gasteiger partial charge in [0.25, 0.3) is 0 Å². The topological polar surface area (TPSA) is 53.6 Å². The highest BCUT2D eigenvalue weighted by Gasteiger charge is 1.83. The van der Waals surface area contributed by atoms with Crippen LogP contribution in [-0.4, -0.2) is 24.9 Å².